The molecule has 1 aromatic carbocycles. The van der Waals surface area contributed by atoms with Crippen LogP contribution in [0.5, 0.6) is 0 Å². The first-order chi connectivity index (χ1) is 14.1. The summed E-state index contributed by atoms with van der Waals surface area (Å²) in [6.45, 7) is 8.57. The molecule has 0 saturated carbocycles. The fraction of sp³-hybridized carbons (Fsp3) is 0.571. The third kappa shape index (κ3) is 9.71. The van der Waals surface area contributed by atoms with E-state index in [1.807, 2.05) is 13.8 Å². The van der Waals surface area contributed by atoms with Crippen molar-refractivity contribution in [2.75, 3.05) is 18.9 Å². The van der Waals surface area contributed by atoms with Crippen LogP contribution in [0.3, 0.4) is 0 Å². The van der Waals surface area contributed by atoms with Crippen molar-refractivity contribution in [2.45, 2.75) is 58.9 Å². The molecule has 10 heteroatoms. The molecule has 0 heterocycles. The lowest BCUT2D eigenvalue weighted by molar-refractivity contribution is -0.158. The summed E-state index contributed by atoms with van der Waals surface area (Å²) in [4.78, 5) is 38.2. The van der Waals surface area contributed by atoms with Crippen LogP contribution in [0.15, 0.2) is 24.3 Å². The highest BCUT2D eigenvalue weighted by molar-refractivity contribution is 5.94. The van der Waals surface area contributed by atoms with Gasteiger partial charge in [0.05, 0.1) is 5.56 Å². The number of hydrogen-bond acceptors (Lipinski definition) is 4. The molecule has 0 aliphatic rings. The Bertz CT molecular complexity index is 772. The molecule has 0 saturated heterocycles. The minimum atomic E-state index is -4.48. The van der Waals surface area contributed by atoms with E-state index in [2.05, 4.69) is 10.6 Å². The van der Waals surface area contributed by atoms with Gasteiger partial charge in [-0.3, -0.25) is 9.59 Å². The Balaban J connectivity index is 2.79. The largest absolute Gasteiger partial charge is 0.459 e. The number of nitrogens with one attached hydrogen (secondary N) is 2. The van der Waals surface area contributed by atoms with Gasteiger partial charge >= 0.3 is 18.2 Å². The highest BCUT2D eigenvalue weighted by atomic mass is 19.4. The molecule has 0 aliphatic carbocycles. The molecule has 0 aliphatic heterocycles. The molecule has 0 spiro atoms. The van der Waals surface area contributed by atoms with Crippen molar-refractivity contribution in [3.63, 3.8) is 0 Å². The predicted octanol–water partition coefficient (Wildman–Crippen LogP) is 4.04. The molecule has 1 unspecified atom stereocenters. The van der Waals surface area contributed by atoms with E-state index in [0.29, 0.717) is 6.42 Å². The molecule has 0 fully saturated rings. The van der Waals surface area contributed by atoms with Gasteiger partial charge in [-0.25, -0.2) is 4.79 Å². The van der Waals surface area contributed by atoms with Gasteiger partial charge in [0.1, 0.15) is 18.2 Å². The van der Waals surface area contributed by atoms with Crippen LogP contribution in [0.1, 0.15) is 46.6 Å². The molecule has 1 rings (SSSR count). The zero-order valence-corrected chi connectivity index (χ0v) is 18.6. The van der Waals surface area contributed by atoms with Gasteiger partial charge in [-0.05, 0) is 57.4 Å². The van der Waals surface area contributed by atoms with E-state index in [9.17, 15) is 27.6 Å². The fourth-order valence-electron chi connectivity index (χ4n) is 2.67. The highest BCUT2D eigenvalue weighted by Gasteiger charge is 2.30. The van der Waals surface area contributed by atoms with Crippen molar-refractivity contribution in [2.24, 2.45) is 5.92 Å². The number of benzene rings is 1. The molecule has 3 amide bonds. The van der Waals surface area contributed by atoms with Crippen molar-refractivity contribution < 1.29 is 32.3 Å². The van der Waals surface area contributed by atoms with Crippen molar-refractivity contribution >= 4 is 23.6 Å². The van der Waals surface area contributed by atoms with Gasteiger partial charge in [-0.15, -0.1) is 0 Å². The van der Waals surface area contributed by atoms with Gasteiger partial charge in [-0.1, -0.05) is 13.8 Å². The Kier molecular flexibility index (Phi) is 8.89. The van der Waals surface area contributed by atoms with Crippen LogP contribution in [0.2, 0.25) is 0 Å². The summed E-state index contributed by atoms with van der Waals surface area (Å²) >= 11 is 0. The van der Waals surface area contributed by atoms with Crippen molar-refractivity contribution in [3.05, 3.63) is 29.8 Å². The Morgan fingerprint density at radius 3 is 2.06 bits per heavy atom. The number of likely N-dealkylation sites (N-methyl/N-ethyl adjacent to an activating group) is 1. The Morgan fingerprint density at radius 2 is 1.61 bits per heavy atom. The van der Waals surface area contributed by atoms with Crippen LogP contribution in [0, 0.1) is 5.92 Å². The van der Waals surface area contributed by atoms with Gasteiger partial charge in [-0.2, -0.15) is 13.2 Å². The van der Waals surface area contributed by atoms with Gasteiger partial charge in [0.25, 0.3) is 0 Å². The second-order valence-corrected chi connectivity index (χ2v) is 8.64. The first-order valence-corrected chi connectivity index (χ1v) is 9.80. The summed E-state index contributed by atoms with van der Waals surface area (Å²) in [7, 11) is 1.43. The minimum Gasteiger partial charge on any atom is -0.459 e. The first-order valence-electron chi connectivity index (χ1n) is 9.80. The molecule has 0 bridgehead atoms. The van der Waals surface area contributed by atoms with Crippen LogP contribution in [0.25, 0.3) is 0 Å². The van der Waals surface area contributed by atoms with Crippen molar-refractivity contribution in [3.8, 4) is 0 Å². The van der Waals surface area contributed by atoms with E-state index in [1.54, 1.807) is 20.8 Å². The number of anilines is 1. The number of amides is 3. The normalized spacial score (nSPS) is 12.8. The fourth-order valence-corrected chi connectivity index (χ4v) is 2.67. The number of ether oxygens (including phenoxy) is 1. The molecule has 2 N–H and O–H groups in total. The minimum absolute atomic E-state index is 0.0512. The van der Waals surface area contributed by atoms with E-state index >= 15 is 0 Å². The lowest BCUT2D eigenvalue weighted by atomic mass is 10.0. The number of carbonyl (C=O) groups is 3. The van der Waals surface area contributed by atoms with Gasteiger partial charge in [0, 0.05) is 12.7 Å². The standard InChI is InChI=1S/C21H30F3N3O4/c1-13(2)11-16(18(29)27(6)12-17(28)31-20(3,4)5)26-19(30)25-15-9-7-14(8-10-15)21(22,23)24/h7-10,13,16H,11-12H2,1-6H3,(H2,25,26,30). The smallest absolute Gasteiger partial charge is 0.416 e. The Morgan fingerprint density at radius 1 is 1.06 bits per heavy atom. The second kappa shape index (κ2) is 10.5. The molecule has 1 atom stereocenters. The van der Waals surface area contributed by atoms with Crippen molar-refractivity contribution in [1.82, 2.24) is 10.2 Å². The van der Waals surface area contributed by atoms with E-state index in [0.717, 1.165) is 24.3 Å². The van der Waals surface area contributed by atoms with Crippen molar-refractivity contribution in [1.29, 1.82) is 0 Å². The van der Waals surface area contributed by atoms with Gasteiger partial charge in [0.2, 0.25) is 5.91 Å². The predicted molar refractivity (Wildman–Crippen MR) is 110 cm³/mol. The van der Waals surface area contributed by atoms with Crippen LogP contribution in [0.4, 0.5) is 23.7 Å². The Labute approximate surface area is 180 Å². The topological polar surface area (TPSA) is 87.7 Å². The summed E-state index contributed by atoms with van der Waals surface area (Å²) in [6.07, 6.45) is -4.17. The number of urea groups is 1. The molecule has 1 aromatic rings. The van der Waals surface area contributed by atoms with Crippen LogP contribution >= 0.6 is 0 Å². The van der Waals surface area contributed by atoms with Crippen LogP contribution < -0.4 is 10.6 Å². The zero-order chi connectivity index (χ0) is 24.0. The van der Waals surface area contributed by atoms with E-state index < -0.39 is 41.3 Å². The van der Waals surface area contributed by atoms with Gasteiger partial charge < -0.3 is 20.3 Å². The number of rotatable bonds is 7. The number of nitrogens with zero attached hydrogens (tertiary/aromatic N) is 1. The highest BCUT2D eigenvalue weighted by Crippen LogP contribution is 2.29. The number of halogens is 3. The maximum atomic E-state index is 12.8. The SMILES string of the molecule is CC(C)CC(NC(=O)Nc1ccc(C(F)(F)F)cc1)C(=O)N(C)CC(=O)OC(C)(C)C. The van der Waals surface area contributed by atoms with Crippen LogP contribution in [-0.4, -0.2) is 48.0 Å². The summed E-state index contributed by atoms with van der Waals surface area (Å²) < 4.78 is 43.1. The molecule has 0 radical (unpaired) electrons. The molecule has 7 nitrogen and oxygen atoms in total. The second-order valence-electron chi connectivity index (χ2n) is 8.64. The summed E-state index contributed by atoms with van der Waals surface area (Å²) in [5.41, 5.74) is -1.39. The monoisotopic (exact) mass is 445 g/mol. The van der Waals surface area contributed by atoms with E-state index in [4.69, 9.17) is 4.74 Å². The van der Waals surface area contributed by atoms with Crippen LogP contribution in [-0.2, 0) is 20.5 Å². The quantitative estimate of drug-likeness (QED) is 0.620. The molecule has 174 valence electrons. The lowest BCUT2D eigenvalue weighted by Gasteiger charge is -2.27. The molecule has 0 aromatic heterocycles. The number of carbonyl (C=O) groups excluding carboxylic acids is 3. The zero-order valence-electron chi connectivity index (χ0n) is 18.6. The lowest BCUT2D eigenvalue weighted by Crippen LogP contribution is -2.50. The summed E-state index contributed by atoms with van der Waals surface area (Å²) in [5.74, 6) is -1.02. The maximum Gasteiger partial charge on any atom is 0.416 e. The van der Waals surface area contributed by atoms with E-state index in [1.165, 1.54) is 11.9 Å². The molecular formula is C21H30F3N3O4. The third-order valence-corrected chi connectivity index (χ3v) is 3.94. The maximum absolute atomic E-state index is 12.8. The Hall–Kier alpha value is -2.78. The summed E-state index contributed by atoms with van der Waals surface area (Å²) in [5, 5.41) is 4.94. The molecule has 31 heavy (non-hydrogen) atoms. The average Bonchev–Trinajstić information content (AvgIpc) is 2.57. The number of esters is 1. The number of hydrogen-bond donors (Lipinski definition) is 2. The molecular weight excluding hydrogens is 415 g/mol. The van der Waals surface area contributed by atoms with E-state index in [-0.39, 0.29) is 18.2 Å². The third-order valence-electron chi connectivity index (χ3n) is 3.94. The summed E-state index contributed by atoms with van der Waals surface area (Å²) in [6, 6.07) is 2.26. The number of alkyl halides is 3. The first kappa shape index (κ1) is 26.3. The average molecular weight is 445 g/mol. The van der Waals surface area contributed by atoms with Gasteiger partial charge in [0.15, 0.2) is 0 Å².